The quantitative estimate of drug-likeness (QED) is 0.0914. The Morgan fingerprint density at radius 3 is 2.24 bits per heavy atom. The van der Waals surface area contributed by atoms with E-state index in [1.165, 1.54) is 0 Å². The number of hydrogen-bond acceptors (Lipinski definition) is 5. The van der Waals surface area contributed by atoms with Gasteiger partial charge < -0.3 is 24.7 Å². The summed E-state index contributed by atoms with van der Waals surface area (Å²) in [6.07, 6.45) is 4.75. The summed E-state index contributed by atoms with van der Waals surface area (Å²) in [6.45, 7) is 11.4. The van der Waals surface area contributed by atoms with Gasteiger partial charge in [0, 0.05) is 19.5 Å². The molecule has 0 saturated heterocycles. The van der Waals surface area contributed by atoms with Crippen molar-refractivity contribution in [3.63, 3.8) is 0 Å². The van der Waals surface area contributed by atoms with Gasteiger partial charge in [-0.1, -0.05) is 99.5 Å². The Balaban J connectivity index is 1.48. The molecule has 5 aromatic rings. The highest BCUT2D eigenvalue weighted by atomic mass is 16.6. The molecule has 0 aliphatic rings. The lowest BCUT2D eigenvalue weighted by atomic mass is 9.98. The molecule has 256 valence electrons. The molecule has 0 atom stereocenters. The van der Waals surface area contributed by atoms with Crippen LogP contribution in [0.3, 0.4) is 0 Å². The minimum atomic E-state index is -0.582. The fourth-order valence-corrected chi connectivity index (χ4v) is 5.65. The number of esters is 1. The number of nitrogens with one attached hydrogen (secondary N) is 2. The van der Waals surface area contributed by atoms with Crippen LogP contribution in [-0.2, 0) is 24.3 Å². The van der Waals surface area contributed by atoms with Gasteiger partial charge in [0.05, 0.1) is 16.8 Å². The van der Waals surface area contributed by atoms with Gasteiger partial charge in [0.25, 0.3) is 0 Å². The smallest absolute Gasteiger partial charge is 0.339 e. The number of urea groups is 1. The number of ether oxygens (including phenoxy) is 2. The van der Waals surface area contributed by atoms with Crippen molar-refractivity contribution in [1.29, 1.82) is 0 Å². The van der Waals surface area contributed by atoms with Gasteiger partial charge in [-0.3, -0.25) is 0 Å². The van der Waals surface area contributed by atoms with E-state index >= 15 is 0 Å². The number of carbonyl (C=O) groups is 2. The molecule has 2 amide bonds. The van der Waals surface area contributed by atoms with Crippen molar-refractivity contribution in [1.82, 2.24) is 14.9 Å². The third kappa shape index (κ3) is 9.28. The van der Waals surface area contributed by atoms with Crippen LogP contribution in [0.5, 0.6) is 5.75 Å². The van der Waals surface area contributed by atoms with Crippen molar-refractivity contribution in [2.75, 3.05) is 11.9 Å². The van der Waals surface area contributed by atoms with E-state index in [0.717, 1.165) is 71.2 Å². The first-order valence-electron chi connectivity index (χ1n) is 17.3. The van der Waals surface area contributed by atoms with Crippen LogP contribution in [0.2, 0.25) is 0 Å². The Labute approximate surface area is 289 Å². The molecule has 5 rings (SSSR count). The van der Waals surface area contributed by atoms with Crippen molar-refractivity contribution in [3.8, 4) is 16.9 Å². The van der Waals surface area contributed by atoms with E-state index in [2.05, 4.69) is 53.3 Å². The number of hydrogen-bond donors (Lipinski definition) is 2. The maximum Gasteiger partial charge on any atom is 0.339 e. The Hall–Kier alpha value is -5.11. The van der Waals surface area contributed by atoms with Gasteiger partial charge >= 0.3 is 12.0 Å². The molecule has 0 spiro atoms. The monoisotopic (exact) mass is 660 g/mol. The van der Waals surface area contributed by atoms with Crippen LogP contribution in [0.4, 0.5) is 10.5 Å². The number of aryl methyl sites for hydroxylation is 1. The highest BCUT2D eigenvalue weighted by Gasteiger charge is 2.22. The Kier molecular flexibility index (Phi) is 11.7. The predicted octanol–water partition coefficient (Wildman–Crippen LogP) is 9.55. The maximum atomic E-state index is 13.0. The minimum Gasteiger partial charge on any atom is -0.484 e. The van der Waals surface area contributed by atoms with E-state index in [1.54, 1.807) is 0 Å². The zero-order valence-corrected chi connectivity index (χ0v) is 29.3. The lowest BCUT2D eigenvalue weighted by molar-refractivity contribution is 0.00703. The number of carbonyl (C=O) groups excluding carboxylic acids is 2. The third-order valence-electron chi connectivity index (χ3n) is 8.15. The van der Waals surface area contributed by atoms with Gasteiger partial charge in [-0.2, -0.15) is 0 Å². The number of unbranched alkanes of at least 4 members (excludes halogenated alkanes) is 2. The van der Waals surface area contributed by atoms with E-state index in [0.29, 0.717) is 36.7 Å². The molecule has 49 heavy (non-hydrogen) atoms. The summed E-state index contributed by atoms with van der Waals surface area (Å²) in [4.78, 5) is 31.0. The van der Waals surface area contributed by atoms with Crippen molar-refractivity contribution in [2.45, 2.75) is 85.5 Å². The molecule has 0 aliphatic heterocycles. The summed E-state index contributed by atoms with van der Waals surface area (Å²) in [5, 5.41) is 5.95. The predicted molar refractivity (Wildman–Crippen MR) is 197 cm³/mol. The van der Waals surface area contributed by atoms with Crippen LogP contribution in [0.25, 0.3) is 22.2 Å². The van der Waals surface area contributed by atoms with Crippen molar-refractivity contribution < 1.29 is 19.1 Å². The average molecular weight is 661 g/mol. The fraction of sp³-hybridized carbons (Fsp3) is 0.341. The number of imidazole rings is 1. The molecule has 4 aromatic carbocycles. The number of benzene rings is 4. The topological polar surface area (TPSA) is 94.5 Å². The van der Waals surface area contributed by atoms with Gasteiger partial charge in [0.2, 0.25) is 0 Å². The van der Waals surface area contributed by atoms with Crippen LogP contribution in [0.15, 0.2) is 91.0 Å². The Bertz CT molecular complexity index is 1860. The van der Waals surface area contributed by atoms with E-state index in [4.69, 9.17) is 14.5 Å². The molecule has 0 fully saturated rings. The first-order chi connectivity index (χ1) is 23.7. The third-order valence-corrected chi connectivity index (χ3v) is 8.15. The summed E-state index contributed by atoms with van der Waals surface area (Å²) in [5.74, 6) is 1.18. The van der Waals surface area contributed by atoms with Crippen LogP contribution in [0.1, 0.15) is 87.6 Å². The lowest BCUT2D eigenvalue weighted by Gasteiger charge is -2.20. The zero-order valence-electron chi connectivity index (χ0n) is 29.3. The van der Waals surface area contributed by atoms with E-state index < -0.39 is 5.60 Å². The zero-order chi connectivity index (χ0) is 34.8. The Morgan fingerprint density at radius 1 is 0.816 bits per heavy atom. The summed E-state index contributed by atoms with van der Waals surface area (Å²) in [7, 11) is 0. The number of nitrogens with zero attached hydrogens (tertiary/aromatic N) is 2. The normalized spacial score (nSPS) is 11.4. The largest absolute Gasteiger partial charge is 0.484 e. The number of fused-ring (bicyclic) bond motifs is 1. The molecule has 0 unspecified atom stereocenters. The minimum absolute atomic E-state index is 0.267. The summed E-state index contributed by atoms with van der Waals surface area (Å²) in [6, 6.07) is 29.5. The maximum absolute atomic E-state index is 13.0. The highest BCUT2D eigenvalue weighted by molar-refractivity contribution is 5.98. The van der Waals surface area contributed by atoms with Crippen LogP contribution < -0.4 is 15.4 Å². The molecule has 2 N–H and O–H groups in total. The second-order valence-electron chi connectivity index (χ2n) is 13.3. The summed E-state index contributed by atoms with van der Waals surface area (Å²) >= 11 is 0. The SMILES string of the molecule is CCCCNC(=O)Nc1ccc2c(nc(CCCC)n2Cc2ccc(-c3ccccc3C(=O)OC(C)(C)C)cc2)c1OCc1ccccc1. The average Bonchev–Trinajstić information content (AvgIpc) is 3.43. The molecule has 1 aromatic heterocycles. The summed E-state index contributed by atoms with van der Waals surface area (Å²) in [5.41, 5.74) is 6.09. The molecule has 8 heteroatoms. The van der Waals surface area contributed by atoms with E-state index in [1.807, 2.05) is 87.5 Å². The molecule has 0 radical (unpaired) electrons. The van der Waals surface area contributed by atoms with Crippen LogP contribution >= 0.6 is 0 Å². The van der Waals surface area contributed by atoms with E-state index in [9.17, 15) is 9.59 Å². The number of anilines is 1. The van der Waals surface area contributed by atoms with Crippen molar-refractivity contribution >= 4 is 28.7 Å². The summed E-state index contributed by atoms with van der Waals surface area (Å²) < 4.78 is 14.4. The van der Waals surface area contributed by atoms with Gasteiger partial charge in [-0.05, 0) is 74.1 Å². The van der Waals surface area contributed by atoms with Crippen molar-refractivity contribution in [3.05, 3.63) is 114 Å². The van der Waals surface area contributed by atoms with Gasteiger partial charge in [0.15, 0.2) is 5.75 Å². The number of rotatable bonds is 14. The fourth-order valence-electron chi connectivity index (χ4n) is 5.65. The lowest BCUT2D eigenvalue weighted by Crippen LogP contribution is -2.29. The molecule has 8 nitrogen and oxygen atoms in total. The van der Waals surface area contributed by atoms with Gasteiger partial charge in [-0.25, -0.2) is 14.6 Å². The molecule has 1 heterocycles. The van der Waals surface area contributed by atoms with E-state index in [-0.39, 0.29) is 12.0 Å². The number of amides is 2. The second-order valence-corrected chi connectivity index (χ2v) is 13.3. The van der Waals surface area contributed by atoms with Crippen molar-refractivity contribution in [2.24, 2.45) is 0 Å². The highest BCUT2D eigenvalue weighted by Crippen LogP contribution is 2.36. The van der Waals surface area contributed by atoms with Gasteiger partial charge in [0.1, 0.15) is 23.5 Å². The molecule has 0 bridgehead atoms. The van der Waals surface area contributed by atoms with Crippen LogP contribution in [-0.4, -0.2) is 33.7 Å². The van der Waals surface area contributed by atoms with Crippen LogP contribution in [0, 0.1) is 0 Å². The Morgan fingerprint density at radius 2 is 1.53 bits per heavy atom. The van der Waals surface area contributed by atoms with Gasteiger partial charge in [-0.15, -0.1) is 0 Å². The molecular weight excluding hydrogens is 612 g/mol. The number of aromatic nitrogens is 2. The molecule has 0 saturated carbocycles. The molecule has 0 aliphatic carbocycles. The standard InChI is InChI=1S/C41H48N4O4/c1-6-8-19-36-44-37-35(25-24-34(43-40(47)42-26-9-7-2)38(37)48-28-30-15-11-10-12-16-30)45(36)27-29-20-22-31(23-21-29)32-17-13-14-18-33(32)39(46)49-41(3,4)5/h10-18,20-25H,6-9,19,26-28H2,1-5H3,(H2,42,43,47). The first-order valence-corrected chi connectivity index (χ1v) is 17.3. The molecular formula is C41H48N4O4. The first kappa shape index (κ1) is 35.2. The second kappa shape index (κ2) is 16.3.